The van der Waals surface area contributed by atoms with Crippen LogP contribution in [0.25, 0.3) is 6.08 Å². The normalized spacial score (nSPS) is 21.3. The Labute approximate surface area is 260 Å². The number of nitrogens with two attached hydrogens (primary N) is 1. The third kappa shape index (κ3) is 7.02. The Hall–Kier alpha value is -4.44. The molecule has 0 radical (unpaired) electrons. The molecular formula is C28H30N6O8S2. The SMILES string of the molecule is CC(OC(=O)OC1CCCCC1)OC(=O)C1=C(/C=C\c2cccnc2)CS[C@H]2[C@H](NC(=O)C(=NO)c3csc(N)n3)C(=O)N12. The fourth-order valence-electron chi connectivity index (χ4n) is 4.96. The van der Waals surface area contributed by atoms with Gasteiger partial charge in [-0.2, -0.15) is 0 Å². The highest BCUT2D eigenvalue weighted by molar-refractivity contribution is 8.00. The predicted molar refractivity (Wildman–Crippen MR) is 160 cm³/mol. The van der Waals surface area contributed by atoms with E-state index in [4.69, 9.17) is 19.9 Å². The molecule has 4 heterocycles. The third-order valence-electron chi connectivity index (χ3n) is 7.07. The van der Waals surface area contributed by atoms with Crippen molar-refractivity contribution in [2.24, 2.45) is 5.16 Å². The summed E-state index contributed by atoms with van der Waals surface area (Å²) in [5.41, 5.74) is 6.45. The van der Waals surface area contributed by atoms with Gasteiger partial charge in [-0.3, -0.25) is 19.5 Å². The number of allylic oxidation sites excluding steroid dienone is 1. The summed E-state index contributed by atoms with van der Waals surface area (Å²) in [6.07, 6.45) is 8.72. The summed E-state index contributed by atoms with van der Waals surface area (Å²) < 4.78 is 16.0. The third-order valence-corrected chi connectivity index (χ3v) is 9.05. The number of ether oxygens (including phenoxy) is 3. The van der Waals surface area contributed by atoms with Crippen molar-refractivity contribution in [2.75, 3.05) is 11.5 Å². The largest absolute Gasteiger partial charge is 0.511 e. The summed E-state index contributed by atoms with van der Waals surface area (Å²) in [7, 11) is 0. The molecule has 2 aromatic rings. The van der Waals surface area contributed by atoms with Crippen molar-refractivity contribution >= 4 is 64.0 Å². The minimum Gasteiger partial charge on any atom is -0.431 e. The van der Waals surface area contributed by atoms with Gasteiger partial charge in [0.05, 0.1) is 0 Å². The van der Waals surface area contributed by atoms with E-state index < -0.39 is 47.4 Å². The van der Waals surface area contributed by atoms with Gasteiger partial charge in [-0.25, -0.2) is 14.6 Å². The van der Waals surface area contributed by atoms with E-state index in [0.717, 1.165) is 49.0 Å². The van der Waals surface area contributed by atoms with Crippen LogP contribution in [0.4, 0.5) is 9.93 Å². The number of oxime groups is 1. The average Bonchev–Trinajstić information content (AvgIpc) is 3.44. The molecule has 1 aliphatic carbocycles. The summed E-state index contributed by atoms with van der Waals surface area (Å²) in [5.74, 6) is -2.04. The summed E-state index contributed by atoms with van der Waals surface area (Å²) >= 11 is 2.37. The fourth-order valence-corrected chi connectivity index (χ4v) is 6.83. The van der Waals surface area contributed by atoms with Crippen molar-refractivity contribution in [1.29, 1.82) is 0 Å². The lowest BCUT2D eigenvalue weighted by atomic mass is 9.98. The molecule has 0 aromatic carbocycles. The van der Waals surface area contributed by atoms with E-state index in [9.17, 15) is 24.4 Å². The lowest BCUT2D eigenvalue weighted by Crippen LogP contribution is -2.71. The van der Waals surface area contributed by atoms with E-state index in [-0.39, 0.29) is 28.4 Å². The Morgan fingerprint density at radius 1 is 1.23 bits per heavy atom. The second-order valence-electron chi connectivity index (χ2n) is 10.1. The molecule has 14 nitrogen and oxygen atoms in total. The number of carbonyl (C=O) groups is 4. The summed E-state index contributed by atoms with van der Waals surface area (Å²) in [5, 5.41) is 16.0. The van der Waals surface area contributed by atoms with E-state index in [1.54, 1.807) is 30.6 Å². The van der Waals surface area contributed by atoms with E-state index in [1.165, 1.54) is 29.0 Å². The summed E-state index contributed by atoms with van der Waals surface area (Å²) in [6.45, 7) is 1.38. The summed E-state index contributed by atoms with van der Waals surface area (Å²) in [6, 6.07) is 2.55. The van der Waals surface area contributed by atoms with Crippen LogP contribution in [-0.4, -0.2) is 79.3 Å². The second-order valence-corrected chi connectivity index (χ2v) is 12.1. The number of nitrogens with zero attached hydrogens (tertiary/aromatic N) is 4. The van der Waals surface area contributed by atoms with Gasteiger partial charge < -0.3 is 30.5 Å². The predicted octanol–water partition coefficient (Wildman–Crippen LogP) is 3.04. The standard InChI is InChI=1S/C28H30N6O8S2/c1-15(41-28(38)42-18-7-3-2-4-8-18)40-26(37)22-17(10-9-16-6-5-11-30-12-16)13-43-25-21(24(36)34(22)25)32-23(35)20(33-39)19-14-44-27(29)31-19/h5-6,9-12,14-15,18,21,25,39H,2-4,7-8,13H2,1H3,(H2,29,31)(H,32,35)/b10-9-,33-20?/t15?,21-,25+/m1/s1. The smallest absolute Gasteiger partial charge is 0.431 e. The number of β-lactam (4-membered cyclic amide) rings is 1. The minimum absolute atomic E-state index is 0.0513. The molecule has 44 heavy (non-hydrogen) atoms. The molecule has 3 atom stereocenters. The number of fused-ring (bicyclic) bond motifs is 1. The Morgan fingerprint density at radius 3 is 2.70 bits per heavy atom. The molecule has 2 fully saturated rings. The summed E-state index contributed by atoms with van der Waals surface area (Å²) in [4.78, 5) is 61.3. The van der Waals surface area contributed by atoms with Gasteiger partial charge in [0.1, 0.15) is 28.9 Å². The lowest BCUT2D eigenvalue weighted by molar-refractivity contribution is -0.169. The van der Waals surface area contributed by atoms with Gasteiger partial charge in [-0.15, -0.1) is 23.1 Å². The van der Waals surface area contributed by atoms with Crippen molar-refractivity contribution < 1.29 is 38.6 Å². The van der Waals surface area contributed by atoms with Crippen LogP contribution in [-0.2, 0) is 28.6 Å². The van der Waals surface area contributed by atoms with Crippen LogP contribution >= 0.6 is 23.1 Å². The number of aromatic nitrogens is 2. The van der Waals surface area contributed by atoms with Crippen molar-refractivity contribution in [1.82, 2.24) is 20.2 Å². The monoisotopic (exact) mass is 642 g/mol. The zero-order chi connectivity index (χ0) is 31.2. The quantitative estimate of drug-likeness (QED) is 0.0905. The number of thioether (sulfide) groups is 1. The molecule has 2 amide bonds. The molecular weight excluding hydrogens is 612 g/mol. The van der Waals surface area contributed by atoms with Gasteiger partial charge in [0.15, 0.2) is 10.8 Å². The number of nitrogens with one attached hydrogen (secondary N) is 1. The highest BCUT2D eigenvalue weighted by Crippen LogP contribution is 2.41. The van der Waals surface area contributed by atoms with Crippen molar-refractivity contribution in [3.8, 4) is 0 Å². The van der Waals surface area contributed by atoms with Crippen molar-refractivity contribution in [3.63, 3.8) is 0 Å². The first kappa shape index (κ1) is 31.0. The van der Waals surface area contributed by atoms with Crippen LogP contribution in [0.1, 0.15) is 50.3 Å². The first-order valence-electron chi connectivity index (χ1n) is 13.8. The number of esters is 1. The molecule has 4 N–H and O–H groups in total. The van der Waals surface area contributed by atoms with Gasteiger partial charge in [-0.05, 0) is 42.9 Å². The zero-order valence-corrected chi connectivity index (χ0v) is 25.2. The molecule has 1 saturated heterocycles. The van der Waals surface area contributed by atoms with Crippen molar-refractivity contribution in [2.45, 2.75) is 62.8 Å². The second kappa shape index (κ2) is 13.9. The maximum atomic E-state index is 13.5. The zero-order valence-electron chi connectivity index (χ0n) is 23.6. The van der Waals surface area contributed by atoms with Gasteiger partial charge in [0, 0.05) is 30.5 Å². The van der Waals surface area contributed by atoms with Crippen LogP contribution < -0.4 is 11.1 Å². The molecule has 1 saturated carbocycles. The fraction of sp³-hybridized carbons (Fsp3) is 0.393. The number of hydrogen-bond donors (Lipinski definition) is 3. The molecule has 16 heteroatoms. The maximum absolute atomic E-state index is 13.5. The van der Waals surface area contributed by atoms with E-state index in [1.807, 2.05) is 6.07 Å². The Bertz CT molecular complexity index is 1500. The molecule has 0 spiro atoms. The number of pyridine rings is 1. The molecule has 1 unspecified atom stereocenters. The van der Waals surface area contributed by atoms with Gasteiger partial charge >= 0.3 is 12.1 Å². The Balaban J connectivity index is 1.31. The first-order valence-corrected chi connectivity index (χ1v) is 15.8. The number of carbonyl (C=O) groups excluding carboxylic acids is 4. The topological polar surface area (TPSA) is 196 Å². The average molecular weight is 643 g/mol. The lowest BCUT2D eigenvalue weighted by Gasteiger charge is -2.49. The Kier molecular flexibility index (Phi) is 9.79. The molecule has 2 aliphatic heterocycles. The van der Waals surface area contributed by atoms with Crippen LogP contribution in [0, 0.1) is 0 Å². The van der Waals surface area contributed by atoms with E-state index in [2.05, 4.69) is 20.4 Å². The maximum Gasteiger partial charge on any atom is 0.511 e. The number of hydrogen-bond acceptors (Lipinski definition) is 14. The van der Waals surface area contributed by atoms with Crippen LogP contribution in [0.3, 0.4) is 0 Å². The number of thiazole rings is 1. The van der Waals surface area contributed by atoms with E-state index >= 15 is 0 Å². The van der Waals surface area contributed by atoms with Crippen molar-refractivity contribution in [3.05, 3.63) is 58.5 Å². The van der Waals surface area contributed by atoms with Crippen LogP contribution in [0.15, 0.2) is 52.4 Å². The first-order chi connectivity index (χ1) is 21.2. The van der Waals surface area contributed by atoms with Gasteiger partial charge in [0.2, 0.25) is 6.29 Å². The highest BCUT2D eigenvalue weighted by atomic mass is 32.2. The minimum atomic E-state index is -1.30. The van der Waals surface area contributed by atoms with E-state index in [0.29, 0.717) is 5.57 Å². The van der Waals surface area contributed by atoms with Crippen LogP contribution in [0.5, 0.6) is 0 Å². The number of anilines is 1. The molecule has 2 aromatic heterocycles. The number of amides is 2. The molecule has 5 rings (SSSR count). The number of rotatable bonds is 9. The van der Waals surface area contributed by atoms with Crippen LogP contribution in [0.2, 0.25) is 0 Å². The molecule has 0 bridgehead atoms. The Morgan fingerprint density at radius 2 is 2.02 bits per heavy atom. The molecule has 232 valence electrons. The van der Waals surface area contributed by atoms with Gasteiger partial charge in [-0.1, -0.05) is 29.8 Å². The van der Waals surface area contributed by atoms with Gasteiger partial charge in [0.25, 0.3) is 11.8 Å². The molecule has 3 aliphatic rings. The highest BCUT2D eigenvalue weighted by Gasteiger charge is 2.54. The number of nitrogen functional groups attached to an aromatic ring is 1.